The van der Waals surface area contributed by atoms with E-state index in [0.717, 1.165) is 9.86 Å². The molecule has 0 atom stereocenters. The molecule has 0 unspecified atom stereocenters. The lowest BCUT2D eigenvalue weighted by molar-refractivity contribution is 1.01. The van der Waals surface area contributed by atoms with Crippen molar-refractivity contribution in [3.8, 4) is 0 Å². The number of H-pyrrole nitrogens is 1. The van der Waals surface area contributed by atoms with Gasteiger partial charge in [-0.05, 0) is 22.0 Å². The van der Waals surface area contributed by atoms with Gasteiger partial charge in [0.05, 0.1) is 11.6 Å². The van der Waals surface area contributed by atoms with Crippen molar-refractivity contribution in [1.82, 2.24) is 10.2 Å². The molecule has 2 rings (SSSR count). The lowest BCUT2D eigenvalue weighted by Crippen LogP contribution is -2.07. The third-order valence-corrected chi connectivity index (χ3v) is 2.30. The molecule has 0 saturated heterocycles. The van der Waals surface area contributed by atoms with Crippen LogP contribution >= 0.6 is 15.9 Å². The standard InChI is InChI=1S/C8H5BrN2O/c9-6-3-1-2-5-4-10-11-8(12)7(5)6/h1-4H,(H,11,12). The van der Waals surface area contributed by atoms with Gasteiger partial charge in [-0.1, -0.05) is 12.1 Å². The van der Waals surface area contributed by atoms with E-state index in [1.807, 2.05) is 18.2 Å². The number of aromatic nitrogens is 2. The minimum atomic E-state index is -0.167. The maximum atomic E-state index is 11.3. The molecule has 0 amide bonds. The van der Waals surface area contributed by atoms with Crippen LogP contribution in [0.3, 0.4) is 0 Å². The number of nitrogens with one attached hydrogen (secondary N) is 1. The Bertz CT molecular complexity index is 472. The number of hydrogen-bond acceptors (Lipinski definition) is 2. The molecular weight excluding hydrogens is 220 g/mol. The number of halogens is 1. The van der Waals surface area contributed by atoms with Crippen molar-refractivity contribution in [2.24, 2.45) is 0 Å². The second-order valence-corrected chi connectivity index (χ2v) is 3.26. The molecule has 1 N–H and O–H groups in total. The number of nitrogens with zero attached hydrogens (tertiary/aromatic N) is 1. The average Bonchev–Trinajstić information content (AvgIpc) is 2.04. The highest BCUT2D eigenvalue weighted by atomic mass is 79.9. The van der Waals surface area contributed by atoms with Crippen LogP contribution in [0.5, 0.6) is 0 Å². The van der Waals surface area contributed by atoms with E-state index in [9.17, 15) is 4.79 Å². The highest BCUT2D eigenvalue weighted by Crippen LogP contribution is 2.18. The van der Waals surface area contributed by atoms with Crippen LogP contribution in [0.15, 0.2) is 33.7 Å². The lowest BCUT2D eigenvalue weighted by Gasteiger charge is -1.96. The Hall–Kier alpha value is -1.16. The number of hydrogen-bond donors (Lipinski definition) is 1. The van der Waals surface area contributed by atoms with Crippen molar-refractivity contribution < 1.29 is 0 Å². The summed E-state index contributed by atoms with van der Waals surface area (Å²) in [5, 5.41) is 7.56. The van der Waals surface area contributed by atoms with Gasteiger partial charge in [-0.15, -0.1) is 0 Å². The molecule has 60 valence electrons. The summed E-state index contributed by atoms with van der Waals surface area (Å²) in [6.45, 7) is 0. The molecule has 1 aromatic carbocycles. The van der Waals surface area contributed by atoms with Crippen molar-refractivity contribution in [3.05, 3.63) is 39.2 Å². The molecule has 1 aromatic heterocycles. The number of aromatic amines is 1. The van der Waals surface area contributed by atoms with Gasteiger partial charge in [0.15, 0.2) is 0 Å². The minimum absolute atomic E-state index is 0.167. The first kappa shape index (κ1) is 7.49. The fraction of sp³-hybridized carbons (Fsp3) is 0. The molecule has 1 heterocycles. The van der Waals surface area contributed by atoms with Gasteiger partial charge in [0.2, 0.25) is 0 Å². The summed E-state index contributed by atoms with van der Waals surface area (Å²) in [5.41, 5.74) is -0.167. The molecule has 3 nitrogen and oxygen atoms in total. The predicted molar refractivity (Wildman–Crippen MR) is 50.1 cm³/mol. The summed E-state index contributed by atoms with van der Waals surface area (Å²) in [7, 11) is 0. The third-order valence-electron chi connectivity index (χ3n) is 1.64. The lowest BCUT2D eigenvalue weighted by atomic mass is 10.2. The summed E-state index contributed by atoms with van der Waals surface area (Å²) in [5.74, 6) is 0. The van der Waals surface area contributed by atoms with E-state index in [1.165, 1.54) is 0 Å². The van der Waals surface area contributed by atoms with E-state index in [0.29, 0.717) is 5.39 Å². The molecule has 0 spiro atoms. The molecular formula is C8H5BrN2O. The summed E-state index contributed by atoms with van der Waals surface area (Å²) >= 11 is 3.30. The molecule has 0 radical (unpaired) electrons. The summed E-state index contributed by atoms with van der Waals surface area (Å²) < 4.78 is 0.795. The first-order valence-corrected chi connectivity index (χ1v) is 4.20. The molecule has 2 aromatic rings. The summed E-state index contributed by atoms with van der Waals surface area (Å²) in [6, 6.07) is 5.55. The zero-order valence-corrected chi connectivity index (χ0v) is 7.63. The maximum Gasteiger partial charge on any atom is 0.273 e. The highest BCUT2D eigenvalue weighted by Gasteiger charge is 2.00. The van der Waals surface area contributed by atoms with Crippen molar-refractivity contribution in [3.63, 3.8) is 0 Å². The van der Waals surface area contributed by atoms with Crippen LogP contribution in [0.4, 0.5) is 0 Å². The SMILES string of the molecule is O=c1[nH]ncc2cccc(Br)c12. The number of benzene rings is 1. The van der Waals surface area contributed by atoms with Crippen LogP contribution in [0.1, 0.15) is 0 Å². The number of fused-ring (bicyclic) bond motifs is 1. The van der Waals surface area contributed by atoms with E-state index in [-0.39, 0.29) is 5.56 Å². The number of rotatable bonds is 0. The van der Waals surface area contributed by atoms with Crippen molar-refractivity contribution in [2.45, 2.75) is 0 Å². The van der Waals surface area contributed by atoms with E-state index >= 15 is 0 Å². The Labute approximate surface area is 76.5 Å². The van der Waals surface area contributed by atoms with E-state index in [1.54, 1.807) is 6.20 Å². The van der Waals surface area contributed by atoms with Gasteiger partial charge in [-0.25, -0.2) is 5.10 Å². The molecule has 4 heteroatoms. The van der Waals surface area contributed by atoms with Crippen LogP contribution in [0.25, 0.3) is 10.8 Å². The normalized spacial score (nSPS) is 10.4. The van der Waals surface area contributed by atoms with Gasteiger partial charge >= 0.3 is 0 Å². The quantitative estimate of drug-likeness (QED) is 0.741. The van der Waals surface area contributed by atoms with E-state index in [2.05, 4.69) is 26.1 Å². The molecule has 0 aliphatic heterocycles. The molecule has 0 saturated carbocycles. The average molecular weight is 225 g/mol. The third kappa shape index (κ3) is 1.04. The van der Waals surface area contributed by atoms with Gasteiger partial charge < -0.3 is 0 Å². The van der Waals surface area contributed by atoms with Gasteiger partial charge in [-0.3, -0.25) is 4.79 Å². The highest BCUT2D eigenvalue weighted by molar-refractivity contribution is 9.10. The van der Waals surface area contributed by atoms with Crippen LogP contribution in [-0.4, -0.2) is 10.2 Å². The zero-order chi connectivity index (χ0) is 8.55. The van der Waals surface area contributed by atoms with Crippen LogP contribution in [0, 0.1) is 0 Å². The second kappa shape index (κ2) is 2.71. The summed E-state index contributed by atoms with van der Waals surface area (Å²) in [6.07, 6.45) is 1.63. The summed E-state index contributed by atoms with van der Waals surface area (Å²) in [4.78, 5) is 11.3. The van der Waals surface area contributed by atoms with Crippen LogP contribution in [0.2, 0.25) is 0 Å². The van der Waals surface area contributed by atoms with Crippen molar-refractivity contribution >= 4 is 26.7 Å². The Morgan fingerprint density at radius 3 is 3.00 bits per heavy atom. The molecule has 0 fully saturated rings. The maximum absolute atomic E-state index is 11.3. The van der Waals surface area contributed by atoms with Crippen LogP contribution < -0.4 is 5.56 Å². The van der Waals surface area contributed by atoms with Crippen molar-refractivity contribution in [1.29, 1.82) is 0 Å². The minimum Gasteiger partial charge on any atom is -0.267 e. The first-order valence-electron chi connectivity index (χ1n) is 3.41. The van der Waals surface area contributed by atoms with Crippen LogP contribution in [-0.2, 0) is 0 Å². The second-order valence-electron chi connectivity index (χ2n) is 2.40. The van der Waals surface area contributed by atoms with Gasteiger partial charge in [0.1, 0.15) is 0 Å². The Balaban J connectivity index is 3.07. The Morgan fingerprint density at radius 1 is 1.42 bits per heavy atom. The topological polar surface area (TPSA) is 45.8 Å². The largest absolute Gasteiger partial charge is 0.273 e. The Kier molecular flexibility index (Phi) is 1.69. The monoisotopic (exact) mass is 224 g/mol. The van der Waals surface area contributed by atoms with Crippen molar-refractivity contribution in [2.75, 3.05) is 0 Å². The van der Waals surface area contributed by atoms with E-state index < -0.39 is 0 Å². The fourth-order valence-corrected chi connectivity index (χ4v) is 1.67. The van der Waals surface area contributed by atoms with Gasteiger partial charge in [-0.2, -0.15) is 5.10 Å². The molecule has 0 aliphatic rings. The fourth-order valence-electron chi connectivity index (χ4n) is 1.10. The van der Waals surface area contributed by atoms with Gasteiger partial charge in [0, 0.05) is 9.86 Å². The molecule has 12 heavy (non-hydrogen) atoms. The zero-order valence-electron chi connectivity index (χ0n) is 6.04. The molecule has 0 bridgehead atoms. The smallest absolute Gasteiger partial charge is 0.267 e. The Morgan fingerprint density at radius 2 is 2.25 bits per heavy atom. The first-order chi connectivity index (χ1) is 5.79. The van der Waals surface area contributed by atoms with Gasteiger partial charge in [0.25, 0.3) is 5.56 Å². The molecule has 0 aliphatic carbocycles. The van der Waals surface area contributed by atoms with E-state index in [4.69, 9.17) is 0 Å². The predicted octanol–water partition coefficient (Wildman–Crippen LogP) is 1.69.